The lowest BCUT2D eigenvalue weighted by Gasteiger charge is -2.30. The Morgan fingerprint density at radius 3 is 2.84 bits per heavy atom. The van der Waals surface area contributed by atoms with E-state index in [0.717, 1.165) is 31.5 Å². The first-order valence-electron chi connectivity index (χ1n) is 6.45. The fourth-order valence-corrected chi connectivity index (χ4v) is 3.23. The van der Waals surface area contributed by atoms with Crippen LogP contribution in [-0.4, -0.2) is 29.2 Å². The number of benzene rings is 1. The van der Waals surface area contributed by atoms with Gasteiger partial charge in [-0.25, -0.2) is 0 Å². The third-order valence-electron chi connectivity index (χ3n) is 3.55. The number of nitro groups is 1. The molecule has 2 rings (SSSR count). The third kappa shape index (κ3) is 3.36. The van der Waals surface area contributed by atoms with Crippen LogP contribution < -0.4 is 4.90 Å². The van der Waals surface area contributed by atoms with E-state index >= 15 is 0 Å². The highest BCUT2D eigenvalue weighted by Crippen LogP contribution is 2.29. The smallest absolute Gasteiger partial charge is 0.282 e. The van der Waals surface area contributed by atoms with Crippen molar-refractivity contribution in [2.24, 2.45) is 0 Å². The van der Waals surface area contributed by atoms with E-state index in [4.69, 9.17) is 0 Å². The number of anilines is 1. The first kappa shape index (κ1) is 14.5. The van der Waals surface area contributed by atoms with Gasteiger partial charge in [-0.05, 0) is 47.6 Å². The summed E-state index contributed by atoms with van der Waals surface area (Å²) in [4.78, 5) is 12.6. The van der Waals surface area contributed by atoms with Crippen molar-refractivity contribution in [2.75, 3.05) is 18.1 Å². The van der Waals surface area contributed by atoms with Crippen LogP contribution in [0.25, 0.3) is 0 Å². The van der Waals surface area contributed by atoms with Crippen molar-refractivity contribution in [3.05, 3.63) is 31.9 Å². The second-order valence-corrected chi connectivity index (χ2v) is 5.93. The molecule has 6 heteroatoms. The molecule has 1 unspecified atom stereocenters. The third-order valence-corrected chi connectivity index (χ3v) is 4.41. The fraction of sp³-hybridized carbons (Fsp3) is 0.538. The van der Waals surface area contributed by atoms with Gasteiger partial charge in [0.1, 0.15) is 0 Å². The Kier molecular flexibility index (Phi) is 4.98. The summed E-state index contributed by atoms with van der Waals surface area (Å²) < 4.78 is 0.640. The van der Waals surface area contributed by atoms with E-state index in [1.54, 1.807) is 12.1 Å². The lowest BCUT2D eigenvalue weighted by Crippen LogP contribution is -2.37. The van der Waals surface area contributed by atoms with Gasteiger partial charge in [0.25, 0.3) is 5.69 Å². The van der Waals surface area contributed by atoms with E-state index in [1.807, 2.05) is 28.7 Å². The minimum absolute atomic E-state index is 0.125. The molecular formula is C13H17IN2O3. The summed E-state index contributed by atoms with van der Waals surface area (Å²) in [6.45, 7) is 1.03. The molecule has 1 N–H and O–H groups in total. The molecule has 0 spiro atoms. The minimum Gasteiger partial charge on any atom is -0.394 e. The molecule has 1 saturated heterocycles. The number of hydrogen-bond acceptors (Lipinski definition) is 4. The van der Waals surface area contributed by atoms with Crippen molar-refractivity contribution < 1.29 is 10.0 Å². The topological polar surface area (TPSA) is 66.6 Å². The van der Waals surface area contributed by atoms with E-state index < -0.39 is 0 Å². The minimum atomic E-state index is -0.364. The summed E-state index contributed by atoms with van der Waals surface area (Å²) in [5.74, 6) is 0. The molecule has 19 heavy (non-hydrogen) atoms. The summed E-state index contributed by atoms with van der Waals surface area (Å²) in [5.41, 5.74) is 1.11. The van der Waals surface area contributed by atoms with Gasteiger partial charge in [0.2, 0.25) is 0 Å². The van der Waals surface area contributed by atoms with Crippen LogP contribution in [0.5, 0.6) is 0 Å². The number of nitro benzene ring substituents is 1. The normalized spacial score (nSPS) is 20.1. The van der Waals surface area contributed by atoms with E-state index in [0.29, 0.717) is 3.57 Å². The molecule has 0 bridgehead atoms. The monoisotopic (exact) mass is 376 g/mol. The Bertz CT molecular complexity index is 467. The Labute approximate surface area is 125 Å². The zero-order chi connectivity index (χ0) is 13.8. The van der Waals surface area contributed by atoms with Crippen LogP contribution >= 0.6 is 22.6 Å². The fourth-order valence-electron chi connectivity index (χ4n) is 2.53. The van der Waals surface area contributed by atoms with Crippen LogP contribution in [0, 0.1) is 13.7 Å². The highest BCUT2D eigenvalue weighted by molar-refractivity contribution is 14.1. The van der Waals surface area contributed by atoms with Gasteiger partial charge in [0, 0.05) is 18.3 Å². The lowest BCUT2D eigenvalue weighted by molar-refractivity contribution is -0.385. The average molecular weight is 376 g/mol. The molecule has 5 nitrogen and oxygen atoms in total. The van der Waals surface area contributed by atoms with Crippen molar-refractivity contribution in [2.45, 2.75) is 31.7 Å². The van der Waals surface area contributed by atoms with Crippen LogP contribution in [0.3, 0.4) is 0 Å². The lowest BCUT2D eigenvalue weighted by atomic mass is 10.1. The second-order valence-electron chi connectivity index (χ2n) is 4.77. The van der Waals surface area contributed by atoms with Gasteiger partial charge in [-0.1, -0.05) is 12.8 Å². The van der Waals surface area contributed by atoms with E-state index in [-0.39, 0.29) is 23.3 Å². The molecule has 104 valence electrons. The van der Waals surface area contributed by atoms with Crippen LogP contribution in [0.2, 0.25) is 0 Å². The Hall–Kier alpha value is -0.890. The second kappa shape index (κ2) is 6.51. The zero-order valence-corrected chi connectivity index (χ0v) is 12.7. The number of aliphatic hydroxyl groups excluding tert-OH is 1. The molecule has 0 radical (unpaired) electrons. The number of nitrogens with zero attached hydrogens (tertiary/aromatic N) is 2. The van der Waals surface area contributed by atoms with Gasteiger partial charge in [0.05, 0.1) is 21.1 Å². The van der Waals surface area contributed by atoms with Crippen molar-refractivity contribution in [3.8, 4) is 0 Å². The number of halogens is 1. The molecule has 1 aromatic carbocycles. The van der Waals surface area contributed by atoms with Crippen LogP contribution in [-0.2, 0) is 0 Å². The standard InChI is InChI=1S/C13H17IN2O3/c14-12-8-10(5-6-13(12)16(18)19)15-7-3-1-2-4-11(15)9-17/h5-6,8,11,17H,1-4,7,9H2. The molecule has 1 aliphatic heterocycles. The predicted molar refractivity (Wildman–Crippen MR) is 82.5 cm³/mol. The van der Waals surface area contributed by atoms with E-state index in [2.05, 4.69) is 4.90 Å². The summed E-state index contributed by atoms with van der Waals surface area (Å²) in [6, 6.07) is 5.30. The summed E-state index contributed by atoms with van der Waals surface area (Å²) in [5, 5.41) is 20.3. The summed E-state index contributed by atoms with van der Waals surface area (Å²) >= 11 is 2.00. The maximum Gasteiger partial charge on any atom is 0.282 e. The Balaban J connectivity index is 2.28. The molecule has 1 aliphatic rings. The van der Waals surface area contributed by atoms with Gasteiger partial charge >= 0.3 is 0 Å². The molecule has 1 atom stereocenters. The number of rotatable bonds is 3. The van der Waals surface area contributed by atoms with Crippen LogP contribution in [0.15, 0.2) is 18.2 Å². The van der Waals surface area contributed by atoms with Crippen LogP contribution in [0.4, 0.5) is 11.4 Å². The highest BCUT2D eigenvalue weighted by Gasteiger charge is 2.22. The van der Waals surface area contributed by atoms with Gasteiger partial charge in [0.15, 0.2) is 0 Å². The van der Waals surface area contributed by atoms with E-state index in [9.17, 15) is 15.2 Å². The molecule has 1 aromatic rings. The molecule has 0 saturated carbocycles. The first-order chi connectivity index (χ1) is 9.13. The largest absolute Gasteiger partial charge is 0.394 e. The predicted octanol–water partition coefficient (Wildman–Crippen LogP) is 2.94. The molecule has 1 fully saturated rings. The van der Waals surface area contributed by atoms with Gasteiger partial charge < -0.3 is 10.0 Å². The Morgan fingerprint density at radius 1 is 1.42 bits per heavy atom. The molecule has 0 amide bonds. The first-order valence-corrected chi connectivity index (χ1v) is 7.53. The van der Waals surface area contributed by atoms with Crippen molar-refractivity contribution >= 4 is 34.0 Å². The van der Waals surface area contributed by atoms with Crippen molar-refractivity contribution in [3.63, 3.8) is 0 Å². The molecule has 0 aromatic heterocycles. The number of aliphatic hydroxyl groups is 1. The van der Waals surface area contributed by atoms with E-state index in [1.165, 1.54) is 6.42 Å². The number of hydrogen-bond donors (Lipinski definition) is 1. The summed E-state index contributed by atoms with van der Waals surface area (Å²) in [6.07, 6.45) is 4.39. The highest BCUT2D eigenvalue weighted by atomic mass is 127. The van der Waals surface area contributed by atoms with Gasteiger partial charge in [-0.2, -0.15) is 0 Å². The van der Waals surface area contributed by atoms with Gasteiger partial charge in [-0.15, -0.1) is 0 Å². The average Bonchev–Trinajstić information content (AvgIpc) is 2.63. The molecule has 0 aliphatic carbocycles. The quantitative estimate of drug-likeness (QED) is 0.501. The Morgan fingerprint density at radius 2 is 2.21 bits per heavy atom. The maximum atomic E-state index is 10.8. The van der Waals surface area contributed by atoms with Crippen molar-refractivity contribution in [1.82, 2.24) is 0 Å². The summed E-state index contributed by atoms with van der Waals surface area (Å²) in [7, 11) is 0. The van der Waals surface area contributed by atoms with Crippen molar-refractivity contribution in [1.29, 1.82) is 0 Å². The maximum absolute atomic E-state index is 10.8. The molecule has 1 heterocycles. The van der Waals surface area contributed by atoms with Crippen LogP contribution in [0.1, 0.15) is 25.7 Å². The zero-order valence-electron chi connectivity index (χ0n) is 10.6. The van der Waals surface area contributed by atoms with Gasteiger partial charge in [-0.3, -0.25) is 10.1 Å². The SMILES string of the molecule is O=[N+]([O-])c1ccc(N2CCCCCC2CO)cc1I. The molecular weight excluding hydrogens is 359 g/mol.